The van der Waals surface area contributed by atoms with Crippen molar-refractivity contribution in [2.24, 2.45) is 0 Å². The van der Waals surface area contributed by atoms with Gasteiger partial charge in [-0.25, -0.2) is 0 Å². The molecule has 0 aliphatic rings. The first-order valence-corrected chi connectivity index (χ1v) is 9.56. The van der Waals surface area contributed by atoms with Gasteiger partial charge >= 0.3 is 6.18 Å². The fourth-order valence-electron chi connectivity index (χ4n) is 2.34. The number of carbonyl (C=O) groups is 1. The molecule has 0 atom stereocenters. The first-order valence-electron chi connectivity index (χ1n) is 7.98. The van der Waals surface area contributed by atoms with Crippen molar-refractivity contribution in [3.63, 3.8) is 0 Å². The number of rotatable bonds is 3. The van der Waals surface area contributed by atoms with E-state index in [1.54, 1.807) is 6.07 Å². The standard InChI is InChI=1S/C19H11BrClF3N2O2S/c20-12-4-1-10(2-5-12)15-7-8-16(28-15)17(27)26-18(29)25-14-6-3-11(9-13(14)21)19(22,23)24/h1-9H,(H2,25,26,27,29). The van der Waals surface area contributed by atoms with Gasteiger partial charge in [0.05, 0.1) is 16.3 Å². The number of halogens is 5. The molecule has 0 unspecified atom stereocenters. The van der Waals surface area contributed by atoms with Gasteiger partial charge in [-0.1, -0.05) is 39.7 Å². The predicted molar refractivity (Wildman–Crippen MR) is 112 cm³/mol. The highest BCUT2D eigenvalue weighted by Gasteiger charge is 2.31. The molecule has 29 heavy (non-hydrogen) atoms. The molecule has 3 aromatic rings. The van der Waals surface area contributed by atoms with E-state index in [-0.39, 0.29) is 21.6 Å². The lowest BCUT2D eigenvalue weighted by atomic mass is 10.2. The Labute approximate surface area is 182 Å². The van der Waals surface area contributed by atoms with Gasteiger partial charge in [-0.2, -0.15) is 13.2 Å². The maximum atomic E-state index is 12.7. The molecule has 150 valence electrons. The van der Waals surface area contributed by atoms with Crippen LogP contribution in [0.2, 0.25) is 5.02 Å². The Hall–Kier alpha value is -2.36. The van der Waals surface area contributed by atoms with Gasteiger partial charge in [-0.05, 0) is 54.7 Å². The molecule has 1 heterocycles. The summed E-state index contributed by atoms with van der Waals surface area (Å²) < 4.78 is 44.5. The Balaban J connectivity index is 1.65. The van der Waals surface area contributed by atoms with E-state index in [0.29, 0.717) is 5.76 Å². The quantitative estimate of drug-likeness (QED) is 0.400. The zero-order chi connectivity index (χ0) is 21.2. The van der Waals surface area contributed by atoms with Crippen molar-refractivity contribution in [3.8, 4) is 11.3 Å². The Morgan fingerprint density at radius 3 is 2.38 bits per heavy atom. The lowest BCUT2D eigenvalue weighted by molar-refractivity contribution is -0.137. The number of furan rings is 1. The fraction of sp³-hybridized carbons (Fsp3) is 0.0526. The zero-order valence-electron chi connectivity index (χ0n) is 14.3. The summed E-state index contributed by atoms with van der Waals surface area (Å²) in [6.45, 7) is 0. The van der Waals surface area contributed by atoms with Gasteiger partial charge in [-0.15, -0.1) is 0 Å². The monoisotopic (exact) mass is 502 g/mol. The van der Waals surface area contributed by atoms with Crippen molar-refractivity contribution in [3.05, 3.63) is 75.4 Å². The molecule has 3 rings (SSSR count). The second kappa shape index (κ2) is 8.56. The minimum Gasteiger partial charge on any atom is -0.451 e. The number of anilines is 1. The summed E-state index contributed by atoms with van der Waals surface area (Å²) in [6.07, 6.45) is -4.51. The van der Waals surface area contributed by atoms with Crippen LogP contribution >= 0.6 is 39.7 Å². The van der Waals surface area contributed by atoms with Crippen LogP contribution in [0.25, 0.3) is 11.3 Å². The molecule has 0 aliphatic carbocycles. The smallest absolute Gasteiger partial charge is 0.416 e. The molecule has 0 bridgehead atoms. The SMILES string of the molecule is O=C(NC(=S)Nc1ccc(C(F)(F)F)cc1Cl)c1ccc(-c2ccc(Br)cc2)o1. The number of amides is 1. The van der Waals surface area contributed by atoms with E-state index in [1.165, 1.54) is 6.07 Å². The lowest BCUT2D eigenvalue weighted by Crippen LogP contribution is -2.34. The van der Waals surface area contributed by atoms with Gasteiger partial charge in [0.15, 0.2) is 10.9 Å². The summed E-state index contributed by atoms with van der Waals surface area (Å²) in [4.78, 5) is 12.3. The Morgan fingerprint density at radius 1 is 1.07 bits per heavy atom. The Kier molecular flexibility index (Phi) is 6.30. The molecular weight excluding hydrogens is 493 g/mol. The maximum absolute atomic E-state index is 12.7. The number of alkyl halides is 3. The number of hydrogen-bond donors (Lipinski definition) is 2. The van der Waals surface area contributed by atoms with Gasteiger partial charge < -0.3 is 9.73 Å². The van der Waals surface area contributed by atoms with Crippen LogP contribution in [0.1, 0.15) is 16.1 Å². The second-order valence-corrected chi connectivity index (χ2v) is 7.50. The molecule has 2 aromatic carbocycles. The average Bonchev–Trinajstić information content (AvgIpc) is 3.13. The number of nitrogens with one attached hydrogen (secondary N) is 2. The summed E-state index contributed by atoms with van der Waals surface area (Å²) in [7, 11) is 0. The van der Waals surface area contributed by atoms with Crippen LogP contribution in [-0.4, -0.2) is 11.0 Å². The minimum absolute atomic E-state index is 0.0191. The maximum Gasteiger partial charge on any atom is 0.416 e. The van der Waals surface area contributed by atoms with Gasteiger partial charge in [0.1, 0.15) is 5.76 Å². The Morgan fingerprint density at radius 2 is 1.76 bits per heavy atom. The molecule has 0 radical (unpaired) electrons. The molecule has 1 amide bonds. The van der Waals surface area contributed by atoms with Gasteiger partial charge in [-0.3, -0.25) is 10.1 Å². The molecule has 0 spiro atoms. The molecular formula is C19H11BrClF3N2O2S. The summed E-state index contributed by atoms with van der Waals surface area (Å²) >= 11 is 14.2. The van der Waals surface area contributed by atoms with E-state index >= 15 is 0 Å². The highest BCUT2D eigenvalue weighted by molar-refractivity contribution is 9.10. The highest BCUT2D eigenvalue weighted by Crippen LogP contribution is 2.33. The molecule has 10 heteroatoms. The van der Waals surface area contributed by atoms with Crippen LogP contribution in [0.3, 0.4) is 0 Å². The molecule has 1 aromatic heterocycles. The summed E-state index contributed by atoms with van der Waals surface area (Å²) in [6, 6.07) is 13.2. The van der Waals surface area contributed by atoms with E-state index in [2.05, 4.69) is 26.6 Å². The van der Waals surface area contributed by atoms with Gasteiger partial charge in [0.25, 0.3) is 5.91 Å². The fourth-order valence-corrected chi connectivity index (χ4v) is 3.04. The van der Waals surface area contributed by atoms with E-state index in [1.807, 2.05) is 24.3 Å². The summed E-state index contributed by atoms with van der Waals surface area (Å²) in [5, 5.41) is 4.65. The third kappa shape index (κ3) is 5.37. The molecule has 0 aliphatic heterocycles. The highest BCUT2D eigenvalue weighted by atomic mass is 79.9. The van der Waals surface area contributed by atoms with Crippen molar-refractivity contribution < 1.29 is 22.4 Å². The number of carbonyl (C=O) groups excluding carboxylic acids is 1. The molecule has 4 nitrogen and oxygen atoms in total. The third-order valence-corrected chi connectivity index (χ3v) is 4.78. The van der Waals surface area contributed by atoms with Gasteiger partial charge in [0, 0.05) is 10.0 Å². The van der Waals surface area contributed by atoms with Crippen molar-refractivity contribution in [1.29, 1.82) is 0 Å². The Bertz CT molecular complexity index is 1070. The molecule has 0 saturated heterocycles. The lowest BCUT2D eigenvalue weighted by Gasteiger charge is -2.12. The largest absolute Gasteiger partial charge is 0.451 e. The van der Waals surface area contributed by atoms with Crippen LogP contribution in [0.15, 0.2) is 63.5 Å². The van der Waals surface area contributed by atoms with Crippen molar-refractivity contribution in [2.75, 3.05) is 5.32 Å². The van der Waals surface area contributed by atoms with Crippen LogP contribution in [0, 0.1) is 0 Å². The minimum atomic E-state index is -4.51. The van der Waals surface area contributed by atoms with Gasteiger partial charge in [0.2, 0.25) is 0 Å². The third-order valence-electron chi connectivity index (χ3n) is 3.73. The average molecular weight is 504 g/mol. The topological polar surface area (TPSA) is 54.3 Å². The zero-order valence-corrected chi connectivity index (χ0v) is 17.5. The van der Waals surface area contributed by atoms with E-state index in [4.69, 9.17) is 28.2 Å². The molecule has 0 saturated carbocycles. The van der Waals surface area contributed by atoms with Crippen LogP contribution in [0.4, 0.5) is 18.9 Å². The predicted octanol–water partition coefficient (Wildman–Crippen LogP) is 6.51. The van der Waals surface area contributed by atoms with Crippen molar-refractivity contribution in [1.82, 2.24) is 5.32 Å². The number of hydrogen-bond acceptors (Lipinski definition) is 3. The normalized spacial score (nSPS) is 11.2. The second-order valence-electron chi connectivity index (χ2n) is 5.77. The first kappa shape index (κ1) is 21.4. The number of thiocarbonyl (C=S) groups is 1. The molecule has 2 N–H and O–H groups in total. The van der Waals surface area contributed by atoms with E-state index in [0.717, 1.165) is 28.2 Å². The van der Waals surface area contributed by atoms with Crippen LogP contribution < -0.4 is 10.6 Å². The summed E-state index contributed by atoms with van der Waals surface area (Å²) in [5.41, 5.74) is 0.0171. The first-order chi connectivity index (χ1) is 13.6. The van der Waals surface area contributed by atoms with Crippen molar-refractivity contribution in [2.45, 2.75) is 6.18 Å². The van der Waals surface area contributed by atoms with E-state index in [9.17, 15) is 18.0 Å². The number of benzene rings is 2. The van der Waals surface area contributed by atoms with E-state index < -0.39 is 17.6 Å². The summed E-state index contributed by atoms with van der Waals surface area (Å²) in [5.74, 6) is -0.105. The van der Waals surface area contributed by atoms with Crippen molar-refractivity contribution >= 4 is 56.5 Å². The van der Waals surface area contributed by atoms with Crippen LogP contribution in [0.5, 0.6) is 0 Å². The van der Waals surface area contributed by atoms with Crippen LogP contribution in [-0.2, 0) is 6.18 Å². The molecule has 0 fully saturated rings.